The summed E-state index contributed by atoms with van der Waals surface area (Å²) in [5, 5.41) is 0.145. The maximum Gasteiger partial charge on any atom is 0.303 e. The van der Waals surface area contributed by atoms with E-state index in [-0.39, 0.29) is 22.8 Å². The van der Waals surface area contributed by atoms with Crippen LogP contribution < -0.4 is 0 Å². The Balaban J connectivity index is 1.53. The van der Waals surface area contributed by atoms with Crippen LogP contribution in [0, 0.1) is 0 Å². The van der Waals surface area contributed by atoms with Crippen molar-refractivity contribution in [3.8, 4) is 0 Å². The van der Waals surface area contributed by atoms with Gasteiger partial charge in [0.1, 0.15) is 0 Å². The van der Waals surface area contributed by atoms with Gasteiger partial charge in [-0.2, -0.15) is 0 Å². The topological polar surface area (TPSA) is 44.8 Å². The summed E-state index contributed by atoms with van der Waals surface area (Å²) in [7, 11) is 0. The van der Waals surface area contributed by atoms with E-state index in [0.29, 0.717) is 26.2 Å². The maximum atomic E-state index is 11.3. The summed E-state index contributed by atoms with van der Waals surface area (Å²) >= 11 is 1.62. The number of hydrogen-bond acceptors (Lipinski definition) is 5. The van der Waals surface area contributed by atoms with Crippen LogP contribution in [0.25, 0.3) is 0 Å². The summed E-state index contributed by atoms with van der Waals surface area (Å²) in [4.78, 5) is 11.3. The van der Waals surface area contributed by atoms with E-state index in [1.54, 1.807) is 11.8 Å². The van der Waals surface area contributed by atoms with E-state index in [4.69, 9.17) is 14.2 Å². The minimum atomic E-state index is -0.254. The van der Waals surface area contributed by atoms with Gasteiger partial charge in [0.05, 0.1) is 31.2 Å². The molecule has 0 amide bonds. The van der Waals surface area contributed by atoms with Crippen molar-refractivity contribution >= 4 is 17.7 Å². The van der Waals surface area contributed by atoms with Crippen LogP contribution in [-0.4, -0.2) is 29.4 Å². The zero-order valence-electron chi connectivity index (χ0n) is 14.9. The highest BCUT2D eigenvalue weighted by molar-refractivity contribution is 8.00. The lowest BCUT2D eigenvalue weighted by Gasteiger charge is -2.19. The van der Waals surface area contributed by atoms with E-state index in [1.165, 1.54) is 6.92 Å². The number of hydrogen-bond donors (Lipinski definition) is 0. The van der Waals surface area contributed by atoms with E-state index in [1.807, 2.05) is 60.7 Å². The highest BCUT2D eigenvalue weighted by Gasteiger charge is 2.37. The first kappa shape index (κ1) is 19.0. The van der Waals surface area contributed by atoms with Gasteiger partial charge < -0.3 is 14.2 Å². The number of ether oxygens (including phenoxy) is 3. The first-order chi connectivity index (χ1) is 12.7. The zero-order valence-corrected chi connectivity index (χ0v) is 15.7. The van der Waals surface area contributed by atoms with Crippen molar-refractivity contribution in [3.05, 3.63) is 71.8 Å². The molecule has 0 aliphatic carbocycles. The molecule has 3 rings (SSSR count). The summed E-state index contributed by atoms with van der Waals surface area (Å²) in [5.41, 5.74) is 2.12. The molecule has 0 radical (unpaired) electrons. The lowest BCUT2D eigenvalue weighted by molar-refractivity contribution is -0.143. The van der Waals surface area contributed by atoms with Crippen molar-refractivity contribution in [2.45, 2.75) is 43.3 Å². The molecular formula is C21H24O4S. The van der Waals surface area contributed by atoms with Gasteiger partial charge in [-0.3, -0.25) is 4.79 Å². The van der Waals surface area contributed by atoms with Crippen molar-refractivity contribution < 1.29 is 19.0 Å². The second kappa shape index (κ2) is 9.76. The van der Waals surface area contributed by atoms with Crippen LogP contribution in [0.4, 0.5) is 0 Å². The summed E-state index contributed by atoms with van der Waals surface area (Å²) in [5.74, 6) is -0.254. The third-order valence-electron chi connectivity index (χ3n) is 4.16. The summed E-state index contributed by atoms with van der Waals surface area (Å²) < 4.78 is 17.4. The highest BCUT2D eigenvalue weighted by atomic mass is 32.2. The Labute approximate surface area is 158 Å². The van der Waals surface area contributed by atoms with Gasteiger partial charge in [0.25, 0.3) is 0 Å². The Bertz CT molecular complexity index is 677. The van der Waals surface area contributed by atoms with E-state index >= 15 is 0 Å². The molecule has 5 heteroatoms. The minimum absolute atomic E-state index is 0.000305. The molecule has 1 fully saturated rings. The summed E-state index contributed by atoms with van der Waals surface area (Å²) in [6.45, 7) is 3.13. The average Bonchev–Trinajstić information content (AvgIpc) is 3.02. The minimum Gasteiger partial charge on any atom is -0.451 e. The van der Waals surface area contributed by atoms with Crippen molar-refractivity contribution in [3.63, 3.8) is 0 Å². The van der Waals surface area contributed by atoms with Crippen LogP contribution in [0.3, 0.4) is 0 Å². The quantitative estimate of drug-likeness (QED) is 0.651. The maximum absolute atomic E-state index is 11.3. The molecule has 2 aromatic rings. The van der Waals surface area contributed by atoms with Crippen LogP contribution in [0.2, 0.25) is 0 Å². The van der Waals surface area contributed by atoms with E-state index < -0.39 is 0 Å². The average molecular weight is 372 g/mol. The molecule has 26 heavy (non-hydrogen) atoms. The number of benzene rings is 2. The van der Waals surface area contributed by atoms with E-state index in [9.17, 15) is 4.79 Å². The Morgan fingerprint density at radius 1 is 1.00 bits per heavy atom. The molecule has 138 valence electrons. The van der Waals surface area contributed by atoms with Gasteiger partial charge >= 0.3 is 5.97 Å². The molecule has 4 nitrogen and oxygen atoms in total. The van der Waals surface area contributed by atoms with Gasteiger partial charge in [0.15, 0.2) is 5.44 Å². The number of rotatable bonds is 8. The molecule has 0 saturated carbocycles. The molecule has 1 aliphatic rings. The van der Waals surface area contributed by atoms with Crippen LogP contribution >= 0.6 is 11.8 Å². The number of esters is 1. The van der Waals surface area contributed by atoms with Gasteiger partial charge in [-0.1, -0.05) is 60.7 Å². The Morgan fingerprint density at radius 2 is 1.62 bits per heavy atom. The largest absolute Gasteiger partial charge is 0.451 e. The first-order valence-electron chi connectivity index (χ1n) is 8.80. The first-order valence-corrected chi connectivity index (χ1v) is 9.75. The predicted molar refractivity (Wildman–Crippen MR) is 103 cm³/mol. The summed E-state index contributed by atoms with van der Waals surface area (Å²) in [6.07, 6.45) is 0.691. The number of carbonyl (C=O) groups excluding carboxylic acids is 1. The van der Waals surface area contributed by atoms with Crippen molar-refractivity contribution in [1.82, 2.24) is 0 Å². The molecular weight excluding hydrogens is 348 g/mol. The fraction of sp³-hybridized carbons (Fsp3) is 0.381. The molecule has 2 aromatic carbocycles. The molecule has 0 aromatic heterocycles. The van der Waals surface area contributed by atoms with E-state index in [2.05, 4.69) is 0 Å². The standard InChI is InChI=1S/C21H24O4S/c1-16(22)25-21-12-19(24-14-18-10-6-3-7-11-18)20(26-21)15-23-13-17-8-4-2-5-9-17/h2-11,19-21H,12-15H2,1H3/t19-,20+,21?/m0/s1. The number of thioether (sulfide) groups is 1. The van der Waals surface area contributed by atoms with E-state index in [0.717, 1.165) is 11.1 Å². The second-order valence-electron chi connectivity index (χ2n) is 6.29. The van der Waals surface area contributed by atoms with Gasteiger partial charge in [0, 0.05) is 13.3 Å². The fourth-order valence-corrected chi connectivity index (χ4v) is 4.33. The molecule has 0 N–H and O–H groups in total. The van der Waals surface area contributed by atoms with Crippen LogP contribution in [-0.2, 0) is 32.2 Å². The smallest absolute Gasteiger partial charge is 0.303 e. The van der Waals surface area contributed by atoms with Crippen LogP contribution in [0.15, 0.2) is 60.7 Å². The lowest BCUT2D eigenvalue weighted by Crippen LogP contribution is -2.26. The third-order valence-corrected chi connectivity index (χ3v) is 5.55. The molecule has 0 bridgehead atoms. The SMILES string of the molecule is CC(=O)OC1C[C@H](OCc2ccccc2)[C@@H](COCc2ccccc2)S1. The Morgan fingerprint density at radius 3 is 2.23 bits per heavy atom. The number of carbonyl (C=O) groups is 1. The van der Waals surface area contributed by atoms with Crippen molar-refractivity contribution in [2.24, 2.45) is 0 Å². The lowest BCUT2D eigenvalue weighted by atomic mass is 10.2. The normalized spacial score (nSPS) is 22.3. The van der Waals surface area contributed by atoms with Gasteiger partial charge in [-0.25, -0.2) is 0 Å². The fourth-order valence-electron chi connectivity index (χ4n) is 2.91. The Hall–Kier alpha value is -1.82. The molecule has 0 spiro atoms. The third kappa shape index (κ3) is 5.87. The van der Waals surface area contributed by atoms with Gasteiger partial charge in [-0.15, -0.1) is 11.8 Å². The molecule has 3 atom stereocenters. The molecule has 1 heterocycles. The van der Waals surface area contributed by atoms with Crippen molar-refractivity contribution in [1.29, 1.82) is 0 Å². The second-order valence-corrected chi connectivity index (χ2v) is 7.69. The van der Waals surface area contributed by atoms with Crippen molar-refractivity contribution in [2.75, 3.05) is 6.61 Å². The highest BCUT2D eigenvalue weighted by Crippen LogP contribution is 2.37. The van der Waals surface area contributed by atoms with Crippen LogP contribution in [0.5, 0.6) is 0 Å². The molecule has 1 aliphatic heterocycles. The zero-order chi connectivity index (χ0) is 18.2. The van der Waals surface area contributed by atoms with Gasteiger partial charge in [-0.05, 0) is 11.1 Å². The monoisotopic (exact) mass is 372 g/mol. The summed E-state index contributed by atoms with van der Waals surface area (Å²) in [6, 6.07) is 20.2. The Kier molecular flexibility index (Phi) is 7.12. The molecule has 1 saturated heterocycles. The molecule has 1 unspecified atom stereocenters. The van der Waals surface area contributed by atoms with Gasteiger partial charge in [0.2, 0.25) is 0 Å². The predicted octanol–water partition coefficient (Wildman–Crippen LogP) is 4.18. The van der Waals surface area contributed by atoms with Crippen LogP contribution in [0.1, 0.15) is 24.5 Å².